The van der Waals surface area contributed by atoms with Crippen molar-refractivity contribution in [1.29, 1.82) is 0 Å². The molecule has 1 heterocycles. The topological polar surface area (TPSA) is 39.2 Å². The number of carbonyl (C=O) groups is 1. The molecule has 0 spiro atoms. The van der Waals surface area contributed by atoms with Gasteiger partial charge in [-0.25, -0.2) is 4.98 Å². The number of ether oxygens (including phenoxy) is 1. The summed E-state index contributed by atoms with van der Waals surface area (Å²) < 4.78 is 5.20. The highest BCUT2D eigenvalue weighted by molar-refractivity contribution is 6.29. The van der Waals surface area contributed by atoms with Crippen molar-refractivity contribution in [3.05, 3.63) is 58.4 Å². The van der Waals surface area contributed by atoms with E-state index in [1.165, 1.54) is 6.20 Å². The average molecular weight is 262 g/mol. The Morgan fingerprint density at radius 3 is 2.67 bits per heavy atom. The zero-order valence-electron chi connectivity index (χ0n) is 10.1. The van der Waals surface area contributed by atoms with Crippen molar-refractivity contribution in [2.45, 2.75) is 6.92 Å². The molecular formula is C14H12ClNO2. The molecule has 0 fully saturated rings. The van der Waals surface area contributed by atoms with Crippen molar-refractivity contribution in [1.82, 2.24) is 4.98 Å². The summed E-state index contributed by atoms with van der Waals surface area (Å²) in [6.45, 7) is 1.93. The van der Waals surface area contributed by atoms with Crippen LogP contribution in [0.5, 0.6) is 5.75 Å². The van der Waals surface area contributed by atoms with Crippen LogP contribution < -0.4 is 4.74 Å². The van der Waals surface area contributed by atoms with Crippen molar-refractivity contribution in [2.24, 2.45) is 0 Å². The van der Waals surface area contributed by atoms with Gasteiger partial charge in [-0.05, 0) is 31.2 Å². The molecule has 0 atom stereocenters. The average Bonchev–Trinajstić information content (AvgIpc) is 2.39. The number of carbonyl (C=O) groups excluding carboxylic acids is 1. The fraction of sp³-hybridized carbons (Fsp3) is 0.143. The zero-order chi connectivity index (χ0) is 13.1. The Hall–Kier alpha value is -1.87. The van der Waals surface area contributed by atoms with E-state index >= 15 is 0 Å². The number of hydrogen-bond acceptors (Lipinski definition) is 3. The largest absolute Gasteiger partial charge is 0.496 e. The van der Waals surface area contributed by atoms with Gasteiger partial charge in [0.15, 0.2) is 5.78 Å². The third kappa shape index (κ3) is 2.51. The predicted octanol–water partition coefficient (Wildman–Crippen LogP) is 3.28. The molecule has 0 aliphatic heterocycles. The molecule has 3 nitrogen and oxygen atoms in total. The molecule has 1 aromatic carbocycles. The first-order valence-corrected chi connectivity index (χ1v) is 5.80. The van der Waals surface area contributed by atoms with E-state index in [9.17, 15) is 4.79 Å². The second-order valence-electron chi connectivity index (χ2n) is 3.90. The molecule has 4 heteroatoms. The van der Waals surface area contributed by atoms with Crippen LogP contribution in [0.25, 0.3) is 0 Å². The zero-order valence-corrected chi connectivity index (χ0v) is 10.9. The van der Waals surface area contributed by atoms with Gasteiger partial charge in [-0.15, -0.1) is 0 Å². The van der Waals surface area contributed by atoms with Crippen LogP contribution in [0.15, 0.2) is 36.5 Å². The Bertz CT molecular complexity index is 579. The smallest absolute Gasteiger partial charge is 0.198 e. The molecule has 0 bridgehead atoms. The van der Waals surface area contributed by atoms with Crippen LogP contribution in [0.1, 0.15) is 21.5 Å². The maximum absolute atomic E-state index is 12.3. The predicted molar refractivity (Wildman–Crippen MR) is 70.4 cm³/mol. The van der Waals surface area contributed by atoms with E-state index < -0.39 is 0 Å². The molecule has 0 aliphatic carbocycles. The highest BCUT2D eigenvalue weighted by Gasteiger charge is 2.14. The molecule has 2 rings (SSSR count). The molecular weight excluding hydrogens is 250 g/mol. The molecule has 0 N–H and O–H groups in total. The maximum atomic E-state index is 12.3. The number of hydrogen-bond donors (Lipinski definition) is 0. The number of methoxy groups -OCH3 is 1. The van der Waals surface area contributed by atoms with Gasteiger partial charge in [0.05, 0.1) is 12.7 Å². The molecule has 92 valence electrons. The lowest BCUT2D eigenvalue weighted by Crippen LogP contribution is -2.04. The third-order valence-electron chi connectivity index (χ3n) is 2.59. The van der Waals surface area contributed by atoms with Crippen molar-refractivity contribution >= 4 is 17.4 Å². The van der Waals surface area contributed by atoms with E-state index in [2.05, 4.69) is 4.98 Å². The van der Waals surface area contributed by atoms with Crippen molar-refractivity contribution in [3.63, 3.8) is 0 Å². The quantitative estimate of drug-likeness (QED) is 0.629. The number of nitrogens with zero attached hydrogens (tertiary/aromatic N) is 1. The van der Waals surface area contributed by atoms with Crippen LogP contribution in [-0.4, -0.2) is 17.9 Å². The summed E-state index contributed by atoms with van der Waals surface area (Å²) in [4.78, 5) is 16.2. The van der Waals surface area contributed by atoms with Crippen molar-refractivity contribution < 1.29 is 9.53 Å². The van der Waals surface area contributed by atoms with Gasteiger partial charge in [-0.1, -0.05) is 23.2 Å². The Morgan fingerprint density at radius 2 is 2.06 bits per heavy atom. The highest BCUT2D eigenvalue weighted by Crippen LogP contribution is 2.23. The molecule has 18 heavy (non-hydrogen) atoms. The fourth-order valence-electron chi connectivity index (χ4n) is 1.66. The van der Waals surface area contributed by atoms with Crippen LogP contribution in [0.4, 0.5) is 0 Å². The molecule has 0 unspecified atom stereocenters. The lowest BCUT2D eigenvalue weighted by molar-refractivity contribution is 0.103. The van der Waals surface area contributed by atoms with Crippen LogP contribution >= 0.6 is 11.6 Å². The normalized spacial score (nSPS) is 10.2. The van der Waals surface area contributed by atoms with E-state index in [0.29, 0.717) is 22.0 Å². The lowest BCUT2D eigenvalue weighted by Gasteiger charge is -2.08. The van der Waals surface area contributed by atoms with Crippen molar-refractivity contribution in [2.75, 3.05) is 7.11 Å². The minimum Gasteiger partial charge on any atom is -0.496 e. The second-order valence-corrected chi connectivity index (χ2v) is 4.29. The fourth-order valence-corrected chi connectivity index (χ4v) is 1.78. The second kappa shape index (κ2) is 5.19. The summed E-state index contributed by atoms with van der Waals surface area (Å²) in [5, 5.41) is 0.364. The first-order valence-electron chi connectivity index (χ1n) is 5.42. The number of ketones is 1. The van der Waals surface area contributed by atoms with E-state index in [1.807, 2.05) is 13.0 Å². The van der Waals surface area contributed by atoms with Gasteiger partial charge in [0.1, 0.15) is 10.9 Å². The lowest BCUT2D eigenvalue weighted by atomic mass is 10.0. The van der Waals surface area contributed by atoms with Crippen LogP contribution in [0, 0.1) is 6.92 Å². The van der Waals surface area contributed by atoms with Gasteiger partial charge in [0, 0.05) is 11.8 Å². The number of pyridine rings is 1. The Morgan fingerprint density at radius 1 is 1.28 bits per heavy atom. The summed E-state index contributed by atoms with van der Waals surface area (Å²) in [7, 11) is 1.54. The Kier molecular flexibility index (Phi) is 3.63. The maximum Gasteiger partial charge on any atom is 0.198 e. The van der Waals surface area contributed by atoms with Gasteiger partial charge in [0.25, 0.3) is 0 Å². The highest BCUT2D eigenvalue weighted by atomic mass is 35.5. The van der Waals surface area contributed by atoms with Gasteiger partial charge < -0.3 is 4.74 Å². The number of aromatic nitrogens is 1. The van der Waals surface area contributed by atoms with Crippen LogP contribution in [0.3, 0.4) is 0 Å². The summed E-state index contributed by atoms with van der Waals surface area (Å²) >= 11 is 5.70. The van der Waals surface area contributed by atoms with E-state index in [0.717, 1.165) is 5.56 Å². The number of rotatable bonds is 3. The Balaban J connectivity index is 2.45. The minimum absolute atomic E-state index is 0.125. The number of halogens is 1. The molecule has 0 saturated carbocycles. The molecule has 1 aromatic heterocycles. The summed E-state index contributed by atoms with van der Waals surface area (Å²) in [5.74, 6) is 0.431. The SMILES string of the molecule is COc1ccc(C)cc1C(=O)c1ccc(Cl)nc1. The molecule has 0 aliphatic rings. The van der Waals surface area contributed by atoms with Crippen LogP contribution in [0.2, 0.25) is 5.15 Å². The molecule has 0 amide bonds. The van der Waals surface area contributed by atoms with Gasteiger partial charge >= 0.3 is 0 Å². The number of benzene rings is 1. The van der Waals surface area contributed by atoms with Gasteiger partial charge in [-0.2, -0.15) is 0 Å². The standard InChI is InChI=1S/C14H12ClNO2/c1-9-3-5-12(18-2)11(7-9)14(17)10-4-6-13(15)16-8-10/h3-8H,1-2H3. The van der Waals surface area contributed by atoms with Crippen molar-refractivity contribution in [3.8, 4) is 5.75 Å². The molecule has 2 aromatic rings. The Labute approximate surface area is 110 Å². The van der Waals surface area contributed by atoms with Gasteiger partial charge in [-0.3, -0.25) is 4.79 Å². The minimum atomic E-state index is -0.125. The molecule has 0 radical (unpaired) electrons. The monoisotopic (exact) mass is 261 g/mol. The van der Waals surface area contributed by atoms with Crippen LogP contribution in [-0.2, 0) is 0 Å². The summed E-state index contributed by atoms with van der Waals surface area (Å²) in [6.07, 6.45) is 1.46. The summed E-state index contributed by atoms with van der Waals surface area (Å²) in [5.41, 5.74) is 2.02. The summed E-state index contributed by atoms with van der Waals surface area (Å²) in [6, 6.07) is 8.73. The van der Waals surface area contributed by atoms with Gasteiger partial charge in [0.2, 0.25) is 0 Å². The molecule has 0 saturated heterocycles. The van der Waals surface area contributed by atoms with E-state index in [4.69, 9.17) is 16.3 Å². The first kappa shape index (κ1) is 12.6. The van der Waals surface area contributed by atoms with E-state index in [1.54, 1.807) is 31.4 Å². The number of aryl methyl sites for hydroxylation is 1. The van der Waals surface area contributed by atoms with E-state index in [-0.39, 0.29) is 5.78 Å². The third-order valence-corrected chi connectivity index (χ3v) is 2.81. The first-order chi connectivity index (χ1) is 8.61.